The fourth-order valence-corrected chi connectivity index (χ4v) is 4.66. The van der Waals surface area contributed by atoms with Crippen molar-refractivity contribution in [3.63, 3.8) is 0 Å². The van der Waals surface area contributed by atoms with E-state index in [-0.39, 0.29) is 61.8 Å². The van der Waals surface area contributed by atoms with E-state index < -0.39 is 66.9 Å². The van der Waals surface area contributed by atoms with E-state index in [0.717, 1.165) is 0 Å². The van der Waals surface area contributed by atoms with Crippen LogP contribution in [0.5, 0.6) is 0 Å². The molecule has 13 nitrogen and oxygen atoms in total. The Bertz CT molecular complexity index is 862. The Balaban J connectivity index is 0.00000648. The molecule has 2 fully saturated rings. The molecule has 0 aromatic carbocycles. The first-order valence-electron chi connectivity index (χ1n) is 11.6. The van der Waals surface area contributed by atoms with E-state index in [1.54, 1.807) is 13.8 Å². The molecule has 1 unspecified atom stereocenters. The first-order valence-corrected chi connectivity index (χ1v) is 11.6. The van der Waals surface area contributed by atoms with Crippen molar-refractivity contribution in [2.24, 2.45) is 29.2 Å². The highest BCUT2D eigenvalue weighted by Gasteiger charge is 2.52. The number of aliphatic carboxylic acids is 3. The van der Waals surface area contributed by atoms with Gasteiger partial charge in [-0.25, -0.2) is 4.79 Å². The highest BCUT2D eigenvalue weighted by molar-refractivity contribution is 6.48. The Morgan fingerprint density at radius 1 is 1.14 bits per heavy atom. The van der Waals surface area contributed by atoms with Gasteiger partial charge in [0, 0.05) is 12.5 Å². The third-order valence-electron chi connectivity index (χ3n) is 6.91. The van der Waals surface area contributed by atoms with Crippen LogP contribution in [0.4, 0.5) is 0 Å². The average molecular weight is 572 g/mol. The number of halogens is 2. The Hall–Kier alpha value is -2.13. The molecule has 8 N–H and O–H groups in total. The summed E-state index contributed by atoms with van der Waals surface area (Å²) in [7, 11) is -1.28. The second-order valence-electron chi connectivity index (χ2n) is 9.87. The molecule has 2 rings (SSSR count). The number of hydrogen-bond donors (Lipinski definition) is 6. The van der Waals surface area contributed by atoms with Gasteiger partial charge in [-0.1, -0.05) is 20.3 Å². The molecule has 1 aliphatic carbocycles. The number of carboxylic acid groups (broad SMARTS) is 3. The fourth-order valence-electron chi connectivity index (χ4n) is 4.66. The van der Waals surface area contributed by atoms with Crippen LogP contribution in [-0.2, 0) is 33.3 Å². The molecular formula is C21H36BCl2N3O10. The van der Waals surface area contributed by atoms with E-state index in [1.807, 2.05) is 0 Å². The molecule has 1 aliphatic heterocycles. The minimum absolute atomic E-state index is 0. The van der Waals surface area contributed by atoms with Crippen molar-refractivity contribution < 1.29 is 48.6 Å². The molecule has 1 amide bonds. The maximum Gasteiger partial charge on any atom is 0.528 e. The zero-order valence-corrected chi connectivity index (χ0v) is 22.3. The van der Waals surface area contributed by atoms with Gasteiger partial charge in [-0.05, 0) is 37.4 Å². The lowest BCUT2D eigenvalue weighted by Crippen LogP contribution is -2.60. The van der Waals surface area contributed by atoms with Crippen molar-refractivity contribution in [2.45, 2.75) is 75.9 Å². The number of amides is 1. The molecule has 2 aliphatic rings. The number of rotatable bonds is 11. The number of carbonyl (C=O) groups excluding carboxylic acids is 2. The lowest BCUT2D eigenvalue weighted by molar-refractivity contribution is -0.174. The molecule has 0 aromatic rings. The van der Waals surface area contributed by atoms with Crippen LogP contribution in [0, 0.1) is 17.8 Å². The molecular weight excluding hydrogens is 536 g/mol. The molecule has 0 radical (unpaired) electrons. The van der Waals surface area contributed by atoms with Gasteiger partial charge in [-0.2, -0.15) is 0 Å². The maximum atomic E-state index is 12.2. The molecule has 0 spiro atoms. The summed E-state index contributed by atoms with van der Waals surface area (Å²) in [4.78, 5) is 59.0. The van der Waals surface area contributed by atoms with Crippen LogP contribution in [0.25, 0.3) is 0 Å². The summed E-state index contributed by atoms with van der Waals surface area (Å²) in [5.41, 5.74) is 8.28. The van der Waals surface area contributed by atoms with Crippen LogP contribution in [0.2, 0.25) is 6.32 Å². The Morgan fingerprint density at radius 3 is 2.27 bits per heavy atom. The summed E-state index contributed by atoms with van der Waals surface area (Å²) in [5.74, 6) is -6.30. The van der Waals surface area contributed by atoms with Gasteiger partial charge in [0.1, 0.15) is 5.54 Å². The monoisotopic (exact) mass is 571 g/mol. The lowest BCUT2D eigenvalue weighted by atomic mass is 9.65. The number of nitrogens with one attached hydrogen (secondary N) is 1. The Labute approximate surface area is 227 Å². The number of carbonyl (C=O) groups is 5. The van der Waals surface area contributed by atoms with E-state index >= 15 is 0 Å². The lowest BCUT2D eigenvalue weighted by Gasteiger charge is -2.42. The van der Waals surface area contributed by atoms with E-state index in [0.29, 0.717) is 19.3 Å². The van der Waals surface area contributed by atoms with Crippen LogP contribution < -0.4 is 16.8 Å². The molecule has 1 saturated carbocycles. The molecule has 16 heteroatoms. The van der Waals surface area contributed by atoms with E-state index in [2.05, 4.69) is 5.32 Å². The van der Waals surface area contributed by atoms with Crippen LogP contribution in [0.15, 0.2) is 0 Å². The number of hydrogen-bond acceptors (Lipinski definition) is 9. The highest BCUT2D eigenvalue weighted by atomic mass is 35.5. The zero-order valence-electron chi connectivity index (χ0n) is 20.7. The number of carboxylic acids is 3. The van der Waals surface area contributed by atoms with Crippen molar-refractivity contribution in [1.29, 1.82) is 0 Å². The van der Waals surface area contributed by atoms with Crippen molar-refractivity contribution in [3.8, 4) is 0 Å². The van der Waals surface area contributed by atoms with Gasteiger partial charge in [0.05, 0.1) is 18.9 Å². The summed E-state index contributed by atoms with van der Waals surface area (Å²) < 4.78 is 10.5. The summed E-state index contributed by atoms with van der Waals surface area (Å²) in [5, 5.41) is 31.1. The Kier molecular flexibility index (Phi) is 13.3. The van der Waals surface area contributed by atoms with Crippen molar-refractivity contribution in [3.05, 3.63) is 0 Å². The zero-order chi connectivity index (χ0) is 26.6. The van der Waals surface area contributed by atoms with Crippen molar-refractivity contribution >= 4 is 61.7 Å². The number of nitrogens with two attached hydrogens (primary N) is 2. The van der Waals surface area contributed by atoms with Crippen LogP contribution in [-0.4, -0.2) is 75.9 Å². The van der Waals surface area contributed by atoms with Gasteiger partial charge in [-0.15, -0.1) is 24.8 Å². The predicted octanol–water partition coefficient (Wildman–Crippen LogP) is 0.268. The third-order valence-corrected chi connectivity index (χ3v) is 6.91. The highest BCUT2D eigenvalue weighted by Crippen LogP contribution is 2.39. The van der Waals surface area contributed by atoms with Crippen LogP contribution in [0.1, 0.15) is 52.4 Å². The van der Waals surface area contributed by atoms with E-state index in [9.17, 15) is 34.2 Å². The van der Waals surface area contributed by atoms with Gasteiger partial charge < -0.3 is 41.4 Å². The van der Waals surface area contributed by atoms with Gasteiger partial charge in [-0.3, -0.25) is 19.2 Å². The molecule has 212 valence electrons. The smallest absolute Gasteiger partial charge is 0.509 e. The fraction of sp³-hybridized carbons (Fsp3) is 0.762. The normalized spacial score (nSPS) is 28.2. The topological polar surface area (TPSA) is 229 Å². The maximum absolute atomic E-state index is 12.2. The Morgan fingerprint density at radius 2 is 1.76 bits per heavy atom. The molecule has 1 heterocycles. The first kappa shape index (κ1) is 34.9. The third kappa shape index (κ3) is 8.71. The second-order valence-corrected chi connectivity index (χ2v) is 9.87. The van der Waals surface area contributed by atoms with Gasteiger partial charge >= 0.3 is 25.0 Å². The predicted molar refractivity (Wildman–Crippen MR) is 135 cm³/mol. The first-order chi connectivity index (χ1) is 16.2. The summed E-state index contributed by atoms with van der Waals surface area (Å²) in [6.07, 6.45) is -0.213. The van der Waals surface area contributed by atoms with Gasteiger partial charge in [0.15, 0.2) is 5.60 Å². The molecule has 0 aromatic heterocycles. The summed E-state index contributed by atoms with van der Waals surface area (Å²) in [6.45, 7) is 3.67. The van der Waals surface area contributed by atoms with Crippen LogP contribution in [0.3, 0.4) is 0 Å². The minimum Gasteiger partial charge on any atom is -0.509 e. The van der Waals surface area contributed by atoms with Crippen molar-refractivity contribution in [1.82, 2.24) is 5.32 Å². The van der Waals surface area contributed by atoms with Gasteiger partial charge in [0.25, 0.3) is 5.97 Å². The van der Waals surface area contributed by atoms with Crippen LogP contribution >= 0.6 is 24.8 Å². The average Bonchev–Trinajstić information content (AvgIpc) is 2.75. The quantitative estimate of drug-likeness (QED) is 0.183. The largest absolute Gasteiger partial charge is 0.528 e. The van der Waals surface area contributed by atoms with E-state index in [1.165, 1.54) is 0 Å². The molecule has 0 bridgehead atoms. The molecule has 1 saturated heterocycles. The molecule has 5 atom stereocenters. The summed E-state index contributed by atoms with van der Waals surface area (Å²) >= 11 is 0. The standard InChI is InChI=1S/C21H34BN3O10.2ClH/c1-11(2)16(23)17(29)25-10-13-4-3-12(7-21(13,24)19(32)33)5-6-22-34-15(28)9-20(35-22,18(30)31)8-14(26)27;;/h11-13,16H,3-10,23-24H2,1-2H3,(H,25,29)(H,26,27)(H,30,31)(H,32,33);2*1H/t12-,13-,16-,20?,21+;;/m0../s1. The minimum atomic E-state index is -2.22. The second kappa shape index (κ2) is 14.1. The molecule has 37 heavy (non-hydrogen) atoms. The SMILES string of the molecule is CC(C)[C@H](N)C(=O)NC[C@@H]1CC[C@@H](CCB2OC(=O)CC(CC(=O)O)(C(=O)O)O2)C[C@]1(N)C(=O)O.Cl.Cl. The van der Waals surface area contributed by atoms with Crippen molar-refractivity contribution in [2.75, 3.05) is 6.54 Å². The van der Waals surface area contributed by atoms with Gasteiger partial charge in [0.2, 0.25) is 5.91 Å². The summed E-state index contributed by atoms with van der Waals surface area (Å²) in [6, 6.07) is -0.722. The van der Waals surface area contributed by atoms with E-state index in [4.69, 9.17) is 25.9 Å².